The van der Waals surface area contributed by atoms with Crippen LogP contribution in [-0.4, -0.2) is 68.0 Å². The van der Waals surface area contributed by atoms with E-state index in [1.807, 2.05) is 13.8 Å². The predicted octanol–water partition coefficient (Wildman–Crippen LogP) is 2.51. The van der Waals surface area contributed by atoms with Crippen LogP contribution >= 0.6 is 23.2 Å². The lowest BCUT2D eigenvalue weighted by Gasteiger charge is -2.43. The summed E-state index contributed by atoms with van der Waals surface area (Å²) in [7, 11) is -1.96. The maximum absolute atomic E-state index is 12.9. The lowest BCUT2D eigenvalue weighted by molar-refractivity contribution is 0.0666. The van der Waals surface area contributed by atoms with Crippen LogP contribution in [0.1, 0.15) is 20.3 Å². The van der Waals surface area contributed by atoms with Crippen LogP contribution in [0.25, 0.3) is 0 Å². The predicted molar refractivity (Wildman–Crippen MR) is 95.1 cm³/mol. The van der Waals surface area contributed by atoms with Crippen molar-refractivity contribution in [2.24, 2.45) is 0 Å². The molecular weight excluding hydrogens is 373 g/mol. The molecule has 9 heteroatoms. The van der Waals surface area contributed by atoms with Crippen LogP contribution < -0.4 is 0 Å². The van der Waals surface area contributed by atoms with Gasteiger partial charge >= 0.3 is 0 Å². The Balaban J connectivity index is 2.14. The van der Waals surface area contributed by atoms with Gasteiger partial charge in [-0.2, -0.15) is 4.31 Å². The zero-order valence-electron chi connectivity index (χ0n) is 14.1. The van der Waals surface area contributed by atoms with Crippen molar-refractivity contribution >= 4 is 33.2 Å². The molecule has 1 saturated heterocycles. The molecule has 136 valence electrons. The summed E-state index contributed by atoms with van der Waals surface area (Å²) in [5.41, 5.74) is 0. The molecule has 1 aromatic rings. The molecule has 2 atom stereocenters. The molecule has 0 saturated carbocycles. The third kappa shape index (κ3) is 4.39. The molecule has 0 amide bonds. The largest absolute Gasteiger partial charge is 0.385 e. The highest BCUT2D eigenvalue weighted by molar-refractivity contribution is 7.89. The van der Waals surface area contributed by atoms with Gasteiger partial charge in [-0.1, -0.05) is 23.2 Å². The number of methoxy groups -OCH3 is 1. The van der Waals surface area contributed by atoms with E-state index in [1.165, 1.54) is 16.6 Å². The van der Waals surface area contributed by atoms with Gasteiger partial charge in [-0.05, 0) is 26.3 Å². The molecule has 2 unspecified atom stereocenters. The first kappa shape index (κ1) is 19.9. The summed E-state index contributed by atoms with van der Waals surface area (Å²) in [5, 5.41) is 0.234. The Morgan fingerprint density at radius 3 is 2.46 bits per heavy atom. The molecule has 0 aliphatic carbocycles. The second-order valence-electron chi connectivity index (χ2n) is 6.05. The SMILES string of the molecule is COCCCN1C(C)CN(S(=O)(=O)c2cnc(Cl)c(Cl)c2)CC1C. The van der Waals surface area contributed by atoms with Crippen molar-refractivity contribution in [1.82, 2.24) is 14.2 Å². The number of hydrogen-bond donors (Lipinski definition) is 0. The highest BCUT2D eigenvalue weighted by Crippen LogP contribution is 2.27. The quantitative estimate of drug-likeness (QED) is 0.546. The van der Waals surface area contributed by atoms with Crippen LogP contribution in [0.3, 0.4) is 0 Å². The summed E-state index contributed by atoms with van der Waals surface area (Å²) in [6, 6.07) is 1.60. The number of hydrogen-bond acceptors (Lipinski definition) is 5. The van der Waals surface area contributed by atoms with Crippen molar-refractivity contribution in [2.45, 2.75) is 37.2 Å². The van der Waals surface area contributed by atoms with Crippen LogP contribution in [0.15, 0.2) is 17.2 Å². The van der Waals surface area contributed by atoms with Crippen LogP contribution in [0, 0.1) is 0 Å². The summed E-state index contributed by atoms with van der Waals surface area (Å²) in [6.45, 7) is 6.53. The minimum Gasteiger partial charge on any atom is -0.385 e. The zero-order chi connectivity index (χ0) is 17.9. The Bertz CT molecular complexity index is 660. The molecule has 0 spiro atoms. The van der Waals surface area contributed by atoms with Gasteiger partial charge in [-0.3, -0.25) is 4.90 Å². The number of nitrogens with zero attached hydrogens (tertiary/aromatic N) is 3. The molecule has 1 aliphatic heterocycles. The average Bonchev–Trinajstić information content (AvgIpc) is 2.52. The summed E-state index contributed by atoms with van der Waals surface area (Å²) in [4.78, 5) is 6.24. The lowest BCUT2D eigenvalue weighted by atomic mass is 10.1. The highest BCUT2D eigenvalue weighted by atomic mass is 35.5. The molecule has 0 radical (unpaired) electrons. The third-order valence-corrected chi connectivity index (χ3v) is 6.72. The van der Waals surface area contributed by atoms with Crippen molar-refractivity contribution in [3.63, 3.8) is 0 Å². The first-order valence-electron chi connectivity index (χ1n) is 7.83. The number of sulfonamides is 1. The van der Waals surface area contributed by atoms with E-state index in [2.05, 4.69) is 9.88 Å². The number of ether oxygens (including phenoxy) is 1. The minimum atomic E-state index is -3.64. The van der Waals surface area contributed by atoms with E-state index >= 15 is 0 Å². The Morgan fingerprint density at radius 1 is 1.29 bits per heavy atom. The fraction of sp³-hybridized carbons (Fsp3) is 0.667. The summed E-state index contributed by atoms with van der Waals surface area (Å²) < 4.78 is 32.3. The molecule has 6 nitrogen and oxygen atoms in total. The third-order valence-electron chi connectivity index (χ3n) is 4.24. The monoisotopic (exact) mass is 395 g/mol. The normalized spacial score (nSPS) is 23.5. The van der Waals surface area contributed by atoms with Gasteiger partial charge in [0.2, 0.25) is 10.0 Å². The van der Waals surface area contributed by atoms with Gasteiger partial charge in [0.1, 0.15) is 10.0 Å². The van der Waals surface area contributed by atoms with E-state index in [9.17, 15) is 8.42 Å². The number of aromatic nitrogens is 1. The van der Waals surface area contributed by atoms with Gasteiger partial charge in [-0.25, -0.2) is 13.4 Å². The van der Waals surface area contributed by atoms with Crippen molar-refractivity contribution in [3.05, 3.63) is 22.4 Å². The molecular formula is C15H23Cl2N3O3S. The average molecular weight is 396 g/mol. The molecule has 1 aromatic heterocycles. The van der Waals surface area contributed by atoms with Crippen molar-refractivity contribution < 1.29 is 13.2 Å². The first-order valence-corrected chi connectivity index (χ1v) is 10.0. The molecule has 0 N–H and O–H groups in total. The Kier molecular flexibility index (Phi) is 6.87. The lowest BCUT2D eigenvalue weighted by Crippen LogP contribution is -2.58. The standard InChI is InChI=1S/C15H23Cl2N3O3S/c1-11-9-19(10-12(2)20(11)5-4-6-23-3)24(21,22)13-7-14(16)15(17)18-8-13/h7-8,11-12H,4-6,9-10H2,1-3H3. The van der Waals surface area contributed by atoms with E-state index in [1.54, 1.807) is 7.11 Å². The van der Waals surface area contributed by atoms with E-state index in [-0.39, 0.29) is 27.2 Å². The van der Waals surface area contributed by atoms with E-state index in [0.717, 1.165) is 13.0 Å². The number of piperazine rings is 1. The van der Waals surface area contributed by atoms with Gasteiger partial charge < -0.3 is 4.74 Å². The van der Waals surface area contributed by atoms with Crippen LogP contribution in [0.5, 0.6) is 0 Å². The van der Waals surface area contributed by atoms with Gasteiger partial charge in [0, 0.05) is 51.6 Å². The molecule has 2 rings (SSSR count). The fourth-order valence-electron chi connectivity index (χ4n) is 3.03. The summed E-state index contributed by atoms with van der Waals surface area (Å²) in [5.74, 6) is 0. The Morgan fingerprint density at radius 2 is 1.92 bits per heavy atom. The smallest absolute Gasteiger partial charge is 0.244 e. The van der Waals surface area contributed by atoms with E-state index < -0.39 is 10.0 Å². The van der Waals surface area contributed by atoms with Crippen LogP contribution in [0.2, 0.25) is 10.2 Å². The fourth-order valence-corrected chi connectivity index (χ4v) is 4.94. The zero-order valence-corrected chi connectivity index (χ0v) is 16.4. The van der Waals surface area contributed by atoms with Crippen LogP contribution in [0.4, 0.5) is 0 Å². The van der Waals surface area contributed by atoms with Gasteiger partial charge in [0.15, 0.2) is 0 Å². The van der Waals surface area contributed by atoms with Gasteiger partial charge in [-0.15, -0.1) is 0 Å². The van der Waals surface area contributed by atoms with Gasteiger partial charge in [0.05, 0.1) is 5.02 Å². The van der Waals surface area contributed by atoms with Gasteiger partial charge in [0.25, 0.3) is 0 Å². The molecule has 24 heavy (non-hydrogen) atoms. The number of rotatable bonds is 6. The molecule has 1 fully saturated rings. The highest BCUT2D eigenvalue weighted by Gasteiger charge is 2.36. The number of halogens is 2. The maximum Gasteiger partial charge on any atom is 0.244 e. The molecule has 0 bridgehead atoms. The molecule has 1 aliphatic rings. The first-order chi connectivity index (χ1) is 11.3. The Labute approximate surface area is 153 Å². The van der Waals surface area contributed by atoms with Crippen molar-refractivity contribution in [1.29, 1.82) is 0 Å². The number of pyridine rings is 1. The van der Waals surface area contributed by atoms with Crippen LogP contribution in [-0.2, 0) is 14.8 Å². The summed E-state index contributed by atoms with van der Waals surface area (Å²) in [6.07, 6.45) is 2.18. The van der Waals surface area contributed by atoms with E-state index in [0.29, 0.717) is 19.7 Å². The van der Waals surface area contributed by atoms with Crippen molar-refractivity contribution in [3.8, 4) is 0 Å². The minimum absolute atomic E-state index is 0.0733. The second-order valence-corrected chi connectivity index (χ2v) is 8.75. The summed E-state index contributed by atoms with van der Waals surface area (Å²) >= 11 is 11.7. The molecule has 2 heterocycles. The van der Waals surface area contributed by atoms with E-state index in [4.69, 9.17) is 27.9 Å². The topological polar surface area (TPSA) is 62.7 Å². The molecule has 0 aromatic carbocycles. The maximum atomic E-state index is 12.9. The second kappa shape index (κ2) is 8.29. The Hall–Kier alpha value is -0.440. The van der Waals surface area contributed by atoms with Crippen molar-refractivity contribution in [2.75, 3.05) is 33.4 Å².